The molecule has 3 rings (SSSR count). The van der Waals surface area contributed by atoms with Gasteiger partial charge in [0.25, 0.3) is 11.7 Å². The minimum Gasteiger partial charge on any atom is -0.423 e. The minimum atomic E-state index is -0.427. The van der Waals surface area contributed by atoms with E-state index in [-0.39, 0.29) is 5.69 Å². The number of nitro groups is 1. The fraction of sp³-hybridized carbons (Fsp3) is 0.364. The number of hydrogen-bond acceptors (Lipinski definition) is 5. The Bertz CT molecular complexity index is 572. The van der Waals surface area contributed by atoms with Crippen molar-refractivity contribution < 1.29 is 9.34 Å². The molecule has 1 aromatic heterocycles. The zero-order valence-electron chi connectivity index (χ0n) is 9.13. The maximum absolute atomic E-state index is 10.6. The molecular weight excluding hydrogens is 222 g/mol. The second-order valence-corrected chi connectivity index (χ2v) is 4.10. The largest absolute Gasteiger partial charge is 0.423 e. The Morgan fingerprint density at radius 3 is 2.82 bits per heavy atom. The second-order valence-electron chi connectivity index (χ2n) is 4.10. The fourth-order valence-corrected chi connectivity index (χ4v) is 2.06. The van der Waals surface area contributed by atoms with Crippen LogP contribution in [0.2, 0.25) is 0 Å². The van der Waals surface area contributed by atoms with Gasteiger partial charge >= 0.3 is 0 Å². The molecule has 2 heterocycles. The van der Waals surface area contributed by atoms with Crippen molar-refractivity contribution in [2.75, 3.05) is 18.0 Å². The minimum absolute atomic E-state index is 0.0405. The van der Waals surface area contributed by atoms with Crippen LogP contribution in [-0.2, 0) is 0 Å². The lowest BCUT2D eigenvalue weighted by Crippen LogP contribution is -2.17. The smallest absolute Gasteiger partial charge is 0.298 e. The number of fused-ring (bicyclic) bond motifs is 1. The molecule has 0 saturated carbocycles. The molecule has 0 atom stereocenters. The van der Waals surface area contributed by atoms with Crippen LogP contribution in [0.3, 0.4) is 0 Å². The molecule has 1 aliphatic rings. The molecule has 17 heavy (non-hydrogen) atoms. The number of rotatable bonds is 2. The van der Waals surface area contributed by atoms with E-state index < -0.39 is 4.92 Å². The van der Waals surface area contributed by atoms with Gasteiger partial charge in [-0.1, -0.05) is 0 Å². The predicted molar refractivity (Wildman–Crippen MR) is 62.1 cm³/mol. The highest BCUT2D eigenvalue weighted by atomic mass is 16.6. The van der Waals surface area contributed by atoms with Gasteiger partial charge in [-0.25, -0.2) is 0 Å². The number of aromatic nitrogens is 1. The fourth-order valence-electron chi connectivity index (χ4n) is 2.06. The molecule has 6 heteroatoms. The van der Waals surface area contributed by atoms with Gasteiger partial charge in [0.2, 0.25) is 0 Å². The SMILES string of the molecule is O=[N+]([O-])c1ccc2oc(N3CCCC3)nc2c1. The second kappa shape index (κ2) is 3.73. The highest BCUT2D eigenvalue weighted by Gasteiger charge is 2.19. The number of nitrogens with zero attached hydrogens (tertiary/aromatic N) is 3. The van der Waals surface area contributed by atoms with Crippen LogP contribution >= 0.6 is 0 Å². The highest BCUT2D eigenvalue weighted by Crippen LogP contribution is 2.27. The molecule has 2 aromatic rings. The Labute approximate surface area is 97.0 Å². The quantitative estimate of drug-likeness (QED) is 0.588. The van der Waals surface area contributed by atoms with Crippen LogP contribution in [0.1, 0.15) is 12.8 Å². The molecule has 0 spiro atoms. The number of non-ortho nitro benzene ring substituents is 1. The number of oxazole rings is 1. The van der Waals surface area contributed by atoms with Gasteiger partial charge in [0.1, 0.15) is 5.52 Å². The van der Waals surface area contributed by atoms with Crippen molar-refractivity contribution >= 4 is 22.8 Å². The summed E-state index contributed by atoms with van der Waals surface area (Å²) in [4.78, 5) is 16.6. The van der Waals surface area contributed by atoms with E-state index in [1.807, 2.05) is 0 Å². The van der Waals surface area contributed by atoms with Crippen LogP contribution in [0.25, 0.3) is 11.1 Å². The summed E-state index contributed by atoms with van der Waals surface area (Å²) in [5.41, 5.74) is 1.18. The molecule has 0 N–H and O–H groups in total. The normalized spacial score (nSPS) is 15.6. The van der Waals surface area contributed by atoms with E-state index >= 15 is 0 Å². The van der Waals surface area contributed by atoms with Gasteiger partial charge in [-0.05, 0) is 18.9 Å². The molecule has 0 radical (unpaired) electrons. The van der Waals surface area contributed by atoms with Gasteiger partial charge in [-0.3, -0.25) is 10.1 Å². The molecule has 1 aromatic carbocycles. The van der Waals surface area contributed by atoms with Gasteiger partial charge in [-0.15, -0.1) is 0 Å². The maximum atomic E-state index is 10.6. The van der Waals surface area contributed by atoms with Crippen molar-refractivity contribution in [1.29, 1.82) is 0 Å². The van der Waals surface area contributed by atoms with Crippen molar-refractivity contribution in [2.45, 2.75) is 12.8 Å². The zero-order valence-corrected chi connectivity index (χ0v) is 9.13. The first-order valence-electron chi connectivity index (χ1n) is 5.54. The Morgan fingerprint density at radius 2 is 2.12 bits per heavy atom. The molecule has 0 bridgehead atoms. The Balaban J connectivity index is 2.03. The van der Waals surface area contributed by atoms with E-state index in [4.69, 9.17) is 4.42 Å². The summed E-state index contributed by atoms with van der Waals surface area (Å²) >= 11 is 0. The van der Waals surface area contributed by atoms with E-state index in [0.29, 0.717) is 17.1 Å². The average molecular weight is 233 g/mol. The van der Waals surface area contributed by atoms with Gasteiger partial charge in [0, 0.05) is 25.2 Å². The average Bonchev–Trinajstić information content (AvgIpc) is 2.96. The van der Waals surface area contributed by atoms with E-state index in [1.165, 1.54) is 12.1 Å². The lowest BCUT2D eigenvalue weighted by atomic mass is 10.3. The van der Waals surface area contributed by atoms with Crippen molar-refractivity contribution in [3.8, 4) is 0 Å². The summed E-state index contributed by atoms with van der Waals surface area (Å²) in [6, 6.07) is 5.04. The lowest BCUT2D eigenvalue weighted by molar-refractivity contribution is -0.384. The monoisotopic (exact) mass is 233 g/mol. The molecule has 6 nitrogen and oxygen atoms in total. The highest BCUT2D eigenvalue weighted by molar-refractivity contribution is 5.77. The lowest BCUT2D eigenvalue weighted by Gasteiger charge is -2.10. The zero-order chi connectivity index (χ0) is 11.8. The van der Waals surface area contributed by atoms with Crippen LogP contribution in [-0.4, -0.2) is 23.0 Å². The summed E-state index contributed by atoms with van der Waals surface area (Å²) in [6.45, 7) is 1.88. The number of hydrogen-bond donors (Lipinski definition) is 0. The third-order valence-electron chi connectivity index (χ3n) is 2.95. The first-order valence-corrected chi connectivity index (χ1v) is 5.54. The predicted octanol–water partition coefficient (Wildman–Crippen LogP) is 2.34. The third-order valence-corrected chi connectivity index (χ3v) is 2.95. The third kappa shape index (κ3) is 1.71. The van der Waals surface area contributed by atoms with Crippen LogP contribution in [0, 0.1) is 10.1 Å². The summed E-state index contributed by atoms with van der Waals surface area (Å²) < 4.78 is 5.58. The summed E-state index contributed by atoms with van der Waals surface area (Å²) in [5.74, 6) is 0. The summed E-state index contributed by atoms with van der Waals surface area (Å²) in [7, 11) is 0. The maximum Gasteiger partial charge on any atom is 0.298 e. The van der Waals surface area contributed by atoms with E-state index in [2.05, 4.69) is 9.88 Å². The topological polar surface area (TPSA) is 72.4 Å². The molecule has 0 unspecified atom stereocenters. The van der Waals surface area contributed by atoms with Gasteiger partial charge in [-0.2, -0.15) is 4.98 Å². The number of anilines is 1. The molecule has 1 aliphatic heterocycles. The number of nitro benzene ring substituents is 1. The summed E-state index contributed by atoms with van der Waals surface area (Å²) in [5, 5.41) is 10.6. The standard InChI is InChI=1S/C11H11N3O3/c15-14(16)8-3-4-10-9(7-8)12-11(17-10)13-5-1-2-6-13/h3-4,7H,1-2,5-6H2. The molecule has 88 valence electrons. The van der Waals surface area contributed by atoms with Crippen LogP contribution in [0.5, 0.6) is 0 Å². The van der Waals surface area contributed by atoms with Crippen molar-refractivity contribution in [3.05, 3.63) is 28.3 Å². The molecule has 1 fully saturated rings. The van der Waals surface area contributed by atoms with Gasteiger partial charge in [0.05, 0.1) is 4.92 Å². The van der Waals surface area contributed by atoms with E-state index in [9.17, 15) is 10.1 Å². The van der Waals surface area contributed by atoms with Gasteiger partial charge < -0.3 is 9.32 Å². The first-order chi connectivity index (χ1) is 8.24. The van der Waals surface area contributed by atoms with Crippen molar-refractivity contribution in [3.63, 3.8) is 0 Å². The Morgan fingerprint density at radius 1 is 1.35 bits per heavy atom. The molecule has 1 saturated heterocycles. The van der Waals surface area contributed by atoms with E-state index in [1.54, 1.807) is 6.07 Å². The van der Waals surface area contributed by atoms with Crippen LogP contribution in [0.15, 0.2) is 22.6 Å². The Hall–Kier alpha value is -2.11. The molecule has 0 aliphatic carbocycles. The van der Waals surface area contributed by atoms with Crippen LogP contribution in [0.4, 0.5) is 11.7 Å². The Kier molecular flexibility index (Phi) is 2.21. The van der Waals surface area contributed by atoms with Crippen LogP contribution < -0.4 is 4.90 Å². The summed E-state index contributed by atoms with van der Waals surface area (Å²) in [6.07, 6.45) is 2.28. The van der Waals surface area contributed by atoms with E-state index in [0.717, 1.165) is 25.9 Å². The molecule has 0 amide bonds. The van der Waals surface area contributed by atoms with Crippen molar-refractivity contribution in [2.24, 2.45) is 0 Å². The molecular formula is C11H11N3O3. The number of benzene rings is 1. The van der Waals surface area contributed by atoms with Crippen molar-refractivity contribution in [1.82, 2.24) is 4.98 Å². The van der Waals surface area contributed by atoms with Gasteiger partial charge in [0.15, 0.2) is 5.58 Å². The first kappa shape index (κ1) is 10.1.